The third kappa shape index (κ3) is 5.73. The maximum atomic E-state index is 6.26. The molecule has 4 atom stereocenters. The number of anilines is 3. The minimum absolute atomic E-state index is 0.0278. The van der Waals surface area contributed by atoms with Gasteiger partial charge in [-0.05, 0) is 29.5 Å². The van der Waals surface area contributed by atoms with Crippen LogP contribution >= 0.6 is 0 Å². The molecule has 190 valence electrons. The van der Waals surface area contributed by atoms with Gasteiger partial charge in [0.2, 0.25) is 17.8 Å². The number of nitrogens with zero attached hydrogens (tertiary/aromatic N) is 5. The van der Waals surface area contributed by atoms with E-state index in [4.69, 9.17) is 37.9 Å². The first-order valence-electron chi connectivity index (χ1n) is 12.6. The van der Waals surface area contributed by atoms with Gasteiger partial charge >= 0.3 is 0 Å². The van der Waals surface area contributed by atoms with Crippen molar-refractivity contribution in [2.45, 2.75) is 43.6 Å². The first-order chi connectivity index (χ1) is 17.4. The third-order valence-electron chi connectivity index (χ3n) is 6.75. The van der Waals surface area contributed by atoms with E-state index in [1.807, 2.05) is 24.3 Å². The summed E-state index contributed by atoms with van der Waals surface area (Å²) in [6.45, 7) is 3.14. The number of rotatable bonds is 6. The zero-order valence-corrected chi connectivity index (χ0v) is 20.5. The van der Waals surface area contributed by atoms with Crippen LogP contribution in [0.4, 0.5) is 17.8 Å². The van der Waals surface area contributed by atoms with E-state index in [9.17, 15) is 0 Å². The number of hydrogen-bond donors (Lipinski definition) is 5. The Hall–Kier alpha value is -3.31. The molecule has 36 heavy (non-hydrogen) atoms. The molecule has 0 saturated carbocycles. The summed E-state index contributed by atoms with van der Waals surface area (Å²) < 4.78 is 0. The molecule has 0 aliphatic carbocycles. The number of benzene rings is 2. The van der Waals surface area contributed by atoms with Gasteiger partial charge in [0, 0.05) is 56.9 Å². The van der Waals surface area contributed by atoms with E-state index in [2.05, 4.69) is 45.4 Å². The summed E-state index contributed by atoms with van der Waals surface area (Å²) in [5.41, 5.74) is 28.5. The highest BCUT2D eigenvalue weighted by Gasteiger charge is 2.28. The van der Waals surface area contributed by atoms with E-state index in [1.165, 1.54) is 11.1 Å². The van der Waals surface area contributed by atoms with Gasteiger partial charge in [-0.1, -0.05) is 54.6 Å². The lowest BCUT2D eigenvalue weighted by Crippen LogP contribution is -2.54. The molecule has 2 aromatic carbocycles. The van der Waals surface area contributed by atoms with E-state index < -0.39 is 0 Å². The van der Waals surface area contributed by atoms with Crippen molar-refractivity contribution in [3.63, 3.8) is 0 Å². The highest BCUT2D eigenvalue weighted by Crippen LogP contribution is 2.25. The van der Waals surface area contributed by atoms with E-state index in [0.29, 0.717) is 50.6 Å². The average Bonchev–Trinajstić information content (AvgIpc) is 2.87. The average molecular weight is 489 g/mol. The molecule has 0 bridgehead atoms. The van der Waals surface area contributed by atoms with Crippen molar-refractivity contribution in [3.8, 4) is 11.1 Å². The second-order valence-electron chi connectivity index (χ2n) is 9.96. The molecule has 10 heteroatoms. The fraction of sp³-hybridized carbons (Fsp3) is 0.423. The second-order valence-corrected chi connectivity index (χ2v) is 9.96. The van der Waals surface area contributed by atoms with Crippen LogP contribution in [0.3, 0.4) is 0 Å². The van der Waals surface area contributed by atoms with Gasteiger partial charge in [-0.3, -0.25) is 0 Å². The van der Waals surface area contributed by atoms with Gasteiger partial charge < -0.3 is 38.1 Å². The van der Waals surface area contributed by atoms with Crippen LogP contribution in [-0.4, -0.2) is 65.3 Å². The molecule has 2 saturated heterocycles. The number of nitrogens with one attached hydrogen (secondary N) is 1. The summed E-state index contributed by atoms with van der Waals surface area (Å²) in [6, 6.07) is 18.6. The van der Waals surface area contributed by atoms with Gasteiger partial charge in [0.1, 0.15) is 0 Å². The lowest BCUT2D eigenvalue weighted by molar-refractivity contribution is 0.441. The van der Waals surface area contributed by atoms with E-state index in [-0.39, 0.29) is 24.2 Å². The fourth-order valence-electron chi connectivity index (χ4n) is 5.15. The van der Waals surface area contributed by atoms with Crippen molar-refractivity contribution >= 4 is 17.8 Å². The quantitative estimate of drug-likeness (QED) is 0.337. The van der Waals surface area contributed by atoms with Crippen LogP contribution in [0.25, 0.3) is 11.1 Å². The zero-order chi connectivity index (χ0) is 25.1. The number of piperidine rings is 2. The topological polar surface area (TPSA) is 161 Å². The molecular weight excluding hydrogens is 452 g/mol. The summed E-state index contributed by atoms with van der Waals surface area (Å²) in [4.78, 5) is 18.4. The molecule has 2 aliphatic heterocycles. The van der Waals surface area contributed by atoms with E-state index >= 15 is 0 Å². The molecule has 9 N–H and O–H groups in total. The Morgan fingerprint density at radius 2 is 1.17 bits per heavy atom. The van der Waals surface area contributed by atoms with Gasteiger partial charge in [0.25, 0.3) is 0 Å². The van der Waals surface area contributed by atoms with Crippen molar-refractivity contribution < 1.29 is 0 Å². The lowest BCUT2D eigenvalue weighted by Gasteiger charge is -2.37. The van der Waals surface area contributed by atoms with Crippen LogP contribution in [0.15, 0.2) is 54.6 Å². The van der Waals surface area contributed by atoms with Crippen LogP contribution in [0.1, 0.15) is 18.4 Å². The largest absolute Gasteiger partial charge is 0.350 e. The van der Waals surface area contributed by atoms with Crippen LogP contribution < -0.4 is 38.1 Å². The predicted molar refractivity (Wildman–Crippen MR) is 145 cm³/mol. The number of aromatic nitrogens is 3. The fourth-order valence-corrected chi connectivity index (χ4v) is 5.15. The van der Waals surface area contributed by atoms with Crippen molar-refractivity contribution in [1.82, 2.24) is 15.0 Å². The summed E-state index contributed by atoms with van der Waals surface area (Å²) >= 11 is 0. The molecule has 0 spiro atoms. The molecule has 5 rings (SSSR count). The van der Waals surface area contributed by atoms with Crippen molar-refractivity contribution in [2.75, 3.05) is 41.3 Å². The first-order valence-corrected chi connectivity index (χ1v) is 12.6. The minimum Gasteiger partial charge on any atom is -0.350 e. The Morgan fingerprint density at radius 3 is 1.72 bits per heavy atom. The van der Waals surface area contributed by atoms with E-state index in [0.717, 1.165) is 18.4 Å². The van der Waals surface area contributed by atoms with Gasteiger partial charge in [0.15, 0.2) is 0 Å². The molecule has 1 aromatic heterocycles. The summed E-state index contributed by atoms with van der Waals surface area (Å²) in [5, 5.41) is 3.43. The Morgan fingerprint density at radius 1 is 0.667 bits per heavy atom. The van der Waals surface area contributed by atoms with Gasteiger partial charge in [-0.15, -0.1) is 0 Å². The summed E-state index contributed by atoms with van der Waals surface area (Å²) in [5.74, 6) is 1.63. The highest BCUT2D eigenvalue weighted by atomic mass is 15.4. The Kier molecular flexibility index (Phi) is 7.28. The molecule has 0 amide bonds. The standard InChI is InChI=1S/C26H36N10/c27-19-10-20(28)14-35(13-19)25-32-24(33-26(34-25)36-15-21(29)11-22(30)16-36)31-12-18-8-4-5-9-23(18)17-6-2-1-3-7-17/h1-9,19-22H,10-16,27-30H2,(H,31,32,33,34)/t19-,20+,21-,22+. The lowest BCUT2D eigenvalue weighted by atomic mass is 10.00. The molecule has 0 radical (unpaired) electrons. The van der Waals surface area contributed by atoms with Gasteiger partial charge in [0.05, 0.1) is 0 Å². The highest BCUT2D eigenvalue weighted by molar-refractivity contribution is 5.67. The van der Waals surface area contributed by atoms with Gasteiger partial charge in [-0.2, -0.15) is 15.0 Å². The predicted octanol–water partition coefficient (Wildman–Crippen LogP) is 0.880. The molecule has 10 nitrogen and oxygen atoms in total. The van der Waals surface area contributed by atoms with Crippen molar-refractivity contribution in [3.05, 3.63) is 60.2 Å². The molecule has 3 heterocycles. The van der Waals surface area contributed by atoms with Crippen LogP contribution in [0.2, 0.25) is 0 Å². The monoisotopic (exact) mass is 488 g/mol. The third-order valence-corrected chi connectivity index (χ3v) is 6.75. The Balaban J connectivity index is 1.44. The van der Waals surface area contributed by atoms with Crippen LogP contribution in [-0.2, 0) is 6.54 Å². The Labute approximate surface area is 212 Å². The van der Waals surface area contributed by atoms with Crippen molar-refractivity contribution in [2.24, 2.45) is 22.9 Å². The molecular formula is C26H36N10. The summed E-state index contributed by atoms with van der Waals surface area (Å²) in [6.07, 6.45) is 1.57. The SMILES string of the molecule is N[C@@H]1C[C@H](N)CN(c2nc(NCc3ccccc3-c3ccccc3)nc(N3C[C@H](N)C[C@H](N)C3)n2)C1. The minimum atomic E-state index is -0.0278. The maximum absolute atomic E-state index is 6.26. The number of nitrogens with two attached hydrogens (primary N) is 4. The van der Waals surface area contributed by atoms with Gasteiger partial charge in [-0.25, -0.2) is 0 Å². The van der Waals surface area contributed by atoms with Crippen LogP contribution in [0, 0.1) is 0 Å². The Bertz CT molecular complexity index is 1090. The molecule has 0 unspecified atom stereocenters. The number of hydrogen-bond acceptors (Lipinski definition) is 10. The first kappa shape index (κ1) is 24.4. The second kappa shape index (κ2) is 10.8. The summed E-state index contributed by atoms with van der Waals surface area (Å²) in [7, 11) is 0. The zero-order valence-electron chi connectivity index (χ0n) is 20.5. The molecule has 3 aromatic rings. The molecule has 2 aliphatic rings. The van der Waals surface area contributed by atoms with Crippen LogP contribution in [0.5, 0.6) is 0 Å². The smallest absolute Gasteiger partial charge is 0.232 e. The molecule has 2 fully saturated rings. The van der Waals surface area contributed by atoms with Crippen molar-refractivity contribution in [1.29, 1.82) is 0 Å². The van der Waals surface area contributed by atoms with E-state index in [1.54, 1.807) is 0 Å². The maximum Gasteiger partial charge on any atom is 0.232 e. The normalized spacial score (nSPS) is 24.6.